The Morgan fingerprint density at radius 2 is 1.90 bits per heavy atom. The lowest BCUT2D eigenvalue weighted by molar-refractivity contribution is 0.311. The Labute approximate surface area is 185 Å². The number of pyridine rings is 1. The van der Waals surface area contributed by atoms with Gasteiger partial charge in [-0.1, -0.05) is 0 Å². The van der Waals surface area contributed by atoms with Crippen LogP contribution in [0.15, 0.2) is 41.5 Å². The molecule has 0 amide bonds. The summed E-state index contributed by atoms with van der Waals surface area (Å²) in [7, 11) is 3.80. The number of ether oxygens (including phenoxy) is 2. The van der Waals surface area contributed by atoms with Crippen molar-refractivity contribution in [2.75, 3.05) is 63.7 Å². The van der Waals surface area contributed by atoms with Gasteiger partial charge in [-0.2, -0.15) is 0 Å². The molecule has 0 atom stereocenters. The number of hydrogen-bond acceptors (Lipinski definition) is 6. The van der Waals surface area contributed by atoms with Gasteiger partial charge in [0.25, 0.3) is 0 Å². The molecule has 1 aliphatic rings. The molecule has 2 N–H and O–H groups in total. The fourth-order valence-corrected chi connectivity index (χ4v) is 3.40. The van der Waals surface area contributed by atoms with Gasteiger partial charge in [0.05, 0.1) is 20.3 Å². The highest BCUT2D eigenvalue weighted by atomic mass is 16.5. The van der Waals surface area contributed by atoms with Gasteiger partial charge in [-0.15, -0.1) is 0 Å². The van der Waals surface area contributed by atoms with E-state index in [2.05, 4.69) is 38.5 Å². The highest BCUT2D eigenvalue weighted by Crippen LogP contribution is 2.30. The third-order valence-electron chi connectivity index (χ3n) is 5.13. The summed E-state index contributed by atoms with van der Waals surface area (Å²) in [6.45, 7) is 10.0. The second-order valence-corrected chi connectivity index (χ2v) is 7.43. The minimum Gasteiger partial charge on any atom is -0.493 e. The second-order valence-electron chi connectivity index (χ2n) is 7.43. The summed E-state index contributed by atoms with van der Waals surface area (Å²) in [6, 6.07) is 9.93. The van der Waals surface area contributed by atoms with E-state index in [0.717, 1.165) is 55.5 Å². The molecule has 2 heterocycles. The number of likely N-dealkylation sites (N-methyl/N-ethyl adjacent to an activating group) is 1. The molecule has 8 nitrogen and oxygen atoms in total. The molecular weight excluding hydrogens is 392 g/mol. The first-order valence-corrected chi connectivity index (χ1v) is 10.9. The summed E-state index contributed by atoms with van der Waals surface area (Å²) in [4.78, 5) is 14.0. The van der Waals surface area contributed by atoms with Crippen LogP contribution in [0, 0.1) is 0 Å². The van der Waals surface area contributed by atoms with Crippen molar-refractivity contribution in [1.29, 1.82) is 0 Å². The smallest absolute Gasteiger partial charge is 0.196 e. The van der Waals surface area contributed by atoms with Gasteiger partial charge in [0.2, 0.25) is 0 Å². The van der Waals surface area contributed by atoms with Crippen LogP contribution in [0.1, 0.15) is 19.4 Å². The van der Waals surface area contributed by atoms with Crippen LogP contribution in [-0.2, 0) is 6.54 Å². The Hall–Kier alpha value is -3.00. The first-order valence-electron chi connectivity index (χ1n) is 10.9. The fraction of sp³-hybridized carbons (Fsp3) is 0.478. The van der Waals surface area contributed by atoms with Crippen molar-refractivity contribution < 1.29 is 9.47 Å². The van der Waals surface area contributed by atoms with Gasteiger partial charge >= 0.3 is 0 Å². The molecule has 168 valence electrons. The third kappa shape index (κ3) is 6.49. The number of nitrogens with zero attached hydrogens (tertiary/aromatic N) is 4. The van der Waals surface area contributed by atoms with E-state index in [-0.39, 0.29) is 0 Å². The standard InChI is InChI=1S/C23H34N6O2/c1-5-24-23(27-19-7-8-20(31-6-2)21(16-19)30-4)26-17-18-9-10-25-22(15-18)29-13-11-28(3)12-14-29/h7-10,15-16H,5-6,11-14,17H2,1-4H3,(H2,24,26,27). The molecular formula is C23H34N6O2. The molecule has 3 rings (SSSR count). The van der Waals surface area contributed by atoms with Crippen molar-refractivity contribution in [3.05, 3.63) is 42.1 Å². The molecule has 0 radical (unpaired) electrons. The maximum absolute atomic E-state index is 5.60. The lowest BCUT2D eigenvalue weighted by Gasteiger charge is -2.33. The van der Waals surface area contributed by atoms with Crippen molar-refractivity contribution in [3.8, 4) is 11.5 Å². The van der Waals surface area contributed by atoms with E-state index in [1.165, 1.54) is 0 Å². The monoisotopic (exact) mass is 426 g/mol. The summed E-state index contributed by atoms with van der Waals surface area (Å²) in [5.41, 5.74) is 2.01. The van der Waals surface area contributed by atoms with Crippen LogP contribution in [0.5, 0.6) is 11.5 Å². The highest BCUT2D eigenvalue weighted by molar-refractivity contribution is 5.93. The number of anilines is 2. The maximum atomic E-state index is 5.60. The first-order chi connectivity index (χ1) is 15.1. The molecule has 2 aromatic rings. The Kier molecular flexibility index (Phi) is 8.35. The largest absolute Gasteiger partial charge is 0.493 e. The molecule has 31 heavy (non-hydrogen) atoms. The van der Waals surface area contributed by atoms with Gasteiger partial charge in [-0.05, 0) is 50.7 Å². The van der Waals surface area contributed by atoms with Gasteiger partial charge in [-0.25, -0.2) is 9.98 Å². The zero-order valence-corrected chi connectivity index (χ0v) is 19.0. The number of hydrogen-bond donors (Lipinski definition) is 2. The van der Waals surface area contributed by atoms with Crippen molar-refractivity contribution in [2.24, 2.45) is 4.99 Å². The number of aromatic nitrogens is 1. The number of rotatable bonds is 8. The van der Waals surface area contributed by atoms with Crippen LogP contribution in [-0.4, -0.2) is 69.3 Å². The highest BCUT2D eigenvalue weighted by Gasteiger charge is 2.15. The van der Waals surface area contributed by atoms with Crippen molar-refractivity contribution in [1.82, 2.24) is 15.2 Å². The first kappa shape index (κ1) is 22.7. The molecule has 1 aliphatic heterocycles. The van der Waals surface area contributed by atoms with E-state index in [1.807, 2.05) is 44.3 Å². The lowest BCUT2D eigenvalue weighted by Crippen LogP contribution is -2.44. The Balaban J connectivity index is 1.69. The summed E-state index contributed by atoms with van der Waals surface area (Å²) in [6.07, 6.45) is 1.87. The molecule has 1 saturated heterocycles. The molecule has 0 spiro atoms. The maximum Gasteiger partial charge on any atom is 0.196 e. The molecule has 0 saturated carbocycles. The molecule has 1 aromatic carbocycles. The lowest BCUT2D eigenvalue weighted by atomic mass is 10.2. The third-order valence-corrected chi connectivity index (χ3v) is 5.13. The molecule has 0 bridgehead atoms. The molecule has 1 fully saturated rings. The topological polar surface area (TPSA) is 74.3 Å². The zero-order chi connectivity index (χ0) is 22.1. The summed E-state index contributed by atoms with van der Waals surface area (Å²) in [5.74, 6) is 3.15. The Morgan fingerprint density at radius 3 is 2.61 bits per heavy atom. The number of benzene rings is 1. The summed E-state index contributed by atoms with van der Waals surface area (Å²) >= 11 is 0. The SMILES string of the molecule is CCNC(=NCc1ccnc(N2CCN(C)CC2)c1)Nc1ccc(OCC)c(OC)c1. The molecule has 8 heteroatoms. The fourth-order valence-electron chi connectivity index (χ4n) is 3.40. The molecule has 0 unspecified atom stereocenters. The van der Waals surface area contributed by atoms with Crippen LogP contribution in [0.2, 0.25) is 0 Å². The van der Waals surface area contributed by atoms with Crippen molar-refractivity contribution >= 4 is 17.5 Å². The number of guanidine groups is 1. The Morgan fingerprint density at radius 1 is 1.10 bits per heavy atom. The van der Waals surface area contributed by atoms with Crippen LogP contribution in [0.4, 0.5) is 11.5 Å². The van der Waals surface area contributed by atoms with Crippen LogP contribution in [0.3, 0.4) is 0 Å². The van der Waals surface area contributed by atoms with Crippen LogP contribution in [0.25, 0.3) is 0 Å². The van der Waals surface area contributed by atoms with E-state index < -0.39 is 0 Å². The molecule has 0 aliphatic carbocycles. The normalized spacial score (nSPS) is 15.0. The van der Waals surface area contributed by atoms with Crippen molar-refractivity contribution in [3.63, 3.8) is 0 Å². The van der Waals surface area contributed by atoms with Gasteiger partial charge < -0.3 is 29.9 Å². The predicted octanol–water partition coefficient (Wildman–Crippen LogP) is 2.82. The number of piperazine rings is 1. The van der Waals surface area contributed by atoms with Crippen LogP contribution < -0.4 is 25.0 Å². The number of methoxy groups -OCH3 is 1. The van der Waals surface area contributed by atoms with E-state index in [0.29, 0.717) is 24.9 Å². The quantitative estimate of drug-likeness (QED) is 0.497. The second kappa shape index (κ2) is 11.4. The van der Waals surface area contributed by atoms with Crippen LogP contribution >= 0.6 is 0 Å². The van der Waals surface area contributed by atoms with Gasteiger partial charge in [0, 0.05) is 50.7 Å². The number of aliphatic imine (C=N–C) groups is 1. The van der Waals surface area contributed by atoms with Gasteiger partial charge in [-0.3, -0.25) is 0 Å². The zero-order valence-electron chi connectivity index (χ0n) is 19.0. The Bertz CT molecular complexity index is 865. The minimum absolute atomic E-state index is 0.562. The summed E-state index contributed by atoms with van der Waals surface area (Å²) < 4.78 is 11.0. The van der Waals surface area contributed by atoms with E-state index >= 15 is 0 Å². The predicted molar refractivity (Wildman–Crippen MR) is 127 cm³/mol. The van der Waals surface area contributed by atoms with Crippen molar-refractivity contribution in [2.45, 2.75) is 20.4 Å². The summed E-state index contributed by atoms with van der Waals surface area (Å²) in [5, 5.41) is 6.65. The average molecular weight is 427 g/mol. The van der Waals surface area contributed by atoms with Gasteiger partial charge in [0.15, 0.2) is 17.5 Å². The minimum atomic E-state index is 0.562. The van der Waals surface area contributed by atoms with Gasteiger partial charge in [0.1, 0.15) is 5.82 Å². The average Bonchev–Trinajstić information content (AvgIpc) is 2.79. The number of nitrogens with one attached hydrogen (secondary N) is 2. The van der Waals surface area contributed by atoms with E-state index in [9.17, 15) is 0 Å². The van der Waals surface area contributed by atoms with E-state index in [1.54, 1.807) is 7.11 Å². The molecule has 1 aromatic heterocycles. The van der Waals surface area contributed by atoms with E-state index in [4.69, 9.17) is 14.5 Å².